The van der Waals surface area contributed by atoms with E-state index in [4.69, 9.17) is 11.5 Å². The maximum Gasteiger partial charge on any atom is 0.335 e. The van der Waals surface area contributed by atoms with E-state index in [0.29, 0.717) is 18.1 Å². The van der Waals surface area contributed by atoms with Crippen molar-refractivity contribution in [1.29, 1.82) is 0 Å². The van der Waals surface area contributed by atoms with Crippen molar-refractivity contribution in [3.05, 3.63) is 23.4 Å². The SMILES string of the molecule is C#CCN(CCC)c1cc(C(=O)O)cc(C)n1. The molecule has 0 aliphatic rings. The van der Waals surface area contributed by atoms with Gasteiger partial charge < -0.3 is 10.0 Å². The van der Waals surface area contributed by atoms with Crippen LogP contribution in [-0.2, 0) is 0 Å². The Labute approximate surface area is 101 Å². The fraction of sp³-hybridized carbons (Fsp3) is 0.385. The van der Waals surface area contributed by atoms with Crippen LogP contribution in [0.15, 0.2) is 12.1 Å². The maximum absolute atomic E-state index is 11.0. The molecule has 0 spiro atoms. The molecule has 1 aromatic heterocycles. The van der Waals surface area contributed by atoms with Crippen LogP contribution in [-0.4, -0.2) is 29.1 Å². The van der Waals surface area contributed by atoms with E-state index in [-0.39, 0.29) is 5.56 Å². The Kier molecular flexibility index (Phi) is 4.53. The van der Waals surface area contributed by atoms with Gasteiger partial charge in [-0.15, -0.1) is 6.42 Å². The number of carbonyl (C=O) groups is 1. The number of hydrogen-bond donors (Lipinski definition) is 1. The highest BCUT2D eigenvalue weighted by Crippen LogP contribution is 2.15. The second-order valence-corrected chi connectivity index (χ2v) is 3.79. The van der Waals surface area contributed by atoms with Crippen LogP contribution in [0.2, 0.25) is 0 Å². The van der Waals surface area contributed by atoms with E-state index in [9.17, 15) is 4.79 Å². The Hall–Kier alpha value is -2.02. The van der Waals surface area contributed by atoms with Crippen LogP contribution in [0.25, 0.3) is 0 Å². The highest BCUT2D eigenvalue weighted by Gasteiger charge is 2.11. The van der Waals surface area contributed by atoms with Gasteiger partial charge in [-0.2, -0.15) is 0 Å². The Morgan fingerprint density at radius 2 is 2.29 bits per heavy atom. The smallest absolute Gasteiger partial charge is 0.335 e. The number of pyridine rings is 1. The molecule has 4 nitrogen and oxygen atoms in total. The molecular weight excluding hydrogens is 216 g/mol. The Morgan fingerprint density at radius 3 is 2.82 bits per heavy atom. The van der Waals surface area contributed by atoms with Crippen LogP contribution in [0.3, 0.4) is 0 Å². The third kappa shape index (κ3) is 3.49. The van der Waals surface area contributed by atoms with Crippen LogP contribution in [0.1, 0.15) is 29.4 Å². The van der Waals surface area contributed by atoms with E-state index in [1.807, 2.05) is 11.8 Å². The van der Waals surface area contributed by atoms with Gasteiger partial charge in [-0.25, -0.2) is 9.78 Å². The molecule has 0 bridgehead atoms. The molecule has 0 saturated heterocycles. The van der Waals surface area contributed by atoms with Crippen molar-refractivity contribution in [2.24, 2.45) is 0 Å². The Balaban J connectivity index is 3.10. The summed E-state index contributed by atoms with van der Waals surface area (Å²) in [5, 5.41) is 8.99. The van der Waals surface area contributed by atoms with Crippen molar-refractivity contribution in [1.82, 2.24) is 4.98 Å². The molecule has 0 saturated carbocycles. The fourth-order valence-corrected chi connectivity index (χ4v) is 1.59. The molecule has 0 radical (unpaired) electrons. The summed E-state index contributed by atoms with van der Waals surface area (Å²) in [5.74, 6) is 2.23. The molecule has 0 aromatic carbocycles. The minimum atomic E-state index is -0.950. The summed E-state index contributed by atoms with van der Waals surface area (Å²) in [4.78, 5) is 17.2. The molecule has 90 valence electrons. The lowest BCUT2D eigenvalue weighted by atomic mass is 10.2. The molecule has 1 N–H and O–H groups in total. The highest BCUT2D eigenvalue weighted by atomic mass is 16.4. The molecule has 0 aliphatic heterocycles. The van der Waals surface area contributed by atoms with Crippen LogP contribution < -0.4 is 4.90 Å². The van der Waals surface area contributed by atoms with E-state index in [1.165, 1.54) is 0 Å². The summed E-state index contributed by atoms with van der Waals surface area (Å²) in [5.41, 5.74) is 0.920. The van der Waals surface area contributed by atoms with Gasteiger partial charge >= 0.3 is 5.97 Å². The summed E-state index contributed by atoms with van der Waals surface area (Å²) in [7, 11) is 0. The molecule has 0 fully saturated rings. The molecule has 1 aromatic rings. The van der Waals surface area contributed by atoms with E-state index < -0.39 is 5.97 Å². The summed E-state index contributed by atoms with van der Waals surface area (Å²) >= 11 is 0. The average molecular weight is 232 g/mol. The number of carboxylic acid groups (broad SMARTS) is 1. The lowest BCUT2D eigenvalue weighted by molar-refractivity contribution is 0.0696. The zero-order valence-electron chi connectivity index (χ0n) is 10.1. The van der Waals surface area contributed by atoms with Crippen molar-refractivity contribution in [2.45, 2.75) is 20.3 Å². The van der Waals surface area contributed by atoms with Gasteiger partial charge in [0, 0.05) is 12.2 Å². The van der Waals surface area contributed by atoms with Gasteiger partial charge in [0.05, 0.1) is 12.1 Å². The van der Waals surface area contributed by atoms with Crippen molar-refractivity contribution in [2.75, 3.05) is 18.0 Å². The largest absolute Gasteiger partial charge is 0.478 e. The van der Waals surface area contributed by atoms with E-state index >= 15 is 0 Å². The predicted molar refractivity (Wildman–Crippen MR) is 67.3 cm³/mol. The average Bonchev–Trinajstić information content (AvgIpc) is 2.28. The quantitative estimate of drug-likeness (QED) is 0.788. The van der Waals surface area contributed by atoms with Crippen molar-refractivity contribution < 1.29 is 9.90 Å². The van der Waals surface area contributed by atoms with Crippen molar-refractivity contribution >= 4 is 11.8 Å². The number of aromatic nitrogens is 1. The standard InChI is InChI=1S/C13H16N2O2/c1-4-6-15(7-5-2)12-9-11(13(16)17)8-10(3)14-12/h1,8-9H,5-7H2,2-3H3,(H,16,17). The normalized spacial score (nSPS) is 9.71. The van der Waals surface area contributed by atoms with Crippen molar-refractivity contribution in [3.63, 3.8) is 0 Å². The van der Waals surface area contributed by atoms with Gasteiger partial charge in [-0.1, -0.05) is 12.8 Å². The summed E-state index contributed by atoms with van der Waals surface area (Å²) in [6, 6.07) is 3.11. The molecule has 0 amide bonds. The first-order valence-corrected chi connectivity index (χ1v) is 5.49. The number of carboxylic acids is 1. The van der Waals surface area contributed by atoms with Crippen LogP contribution in [0, 0.1) is 19.3 Å². The lowest BCUT2D eigenvalue weighted by Crippen LogP contribution is -2.25. The van der Waals surface area contributed by atoms with Gasteiger partial charge in [0.1, 0.15) is 5.82 Å². The third-order valence-electron chi connectivity index (χ3n) is 2.29. The number of nitrogens with zero attached hydrogens (tertiary/aromatic N) is 2. The Bertz CT molecular complexity index is 449. The highest BCUT2D eigenvalue weighted by molar-refractivity contribution is 5.88. The lowest BCUT2D eigenvalue weighted by Gasteiger charge is -2.21. The monoisotopic (exact) mass is 232 g/mol. The molecule has 17 heavy (non-hydrogen) atoms. The first kappa shape index (κ1) is 13.0. The zero-order chi connectivity index (χ0) is 12.8. The minimum Gasteiger partial charge on any atom is -0.478 e. The number of aromatic carboxylic acids is 1. The van der Waals surface area contributed by atoms with E-state index in [0.717, 1.165) is 13.0 Å². The third-order valence-corrected chi connectivity index (χ3v) is 2.29. The summed E-state index contributed by atoms with van der Waals surface area (Å²) < 4.78 is 0. The van der Waals surface area contributed by atoms with Crippen LogP contribution in [0.5, 0.6) is 0 Å². The van der Waals surface area contributed by atoms with Gasteiger partial charge in [-0.3, -0.25) is 0 Å². The number of hydrogen-bond acceptors (Lipinski definition) is 3. The van der Waals surface area contributed by atoms with Gasteiger partial charge in [-0.05, 0) is 25.5 Å². The maximum atomic E-state index is 11.0. The van der Waals surface area contributed by atoms with Gasteiger partial charge in [0.25, 0.3) is 0 Å². The Morgan fingerprint density at radius 1 is 1.59 bits per heavy atom. The molecule has 4 heteroatoms. The number of rotatable bonds is 5. The molecule has 1 rings (SSSR count). The van der Waals surface area contributed by atoms with E-state index in [2.05, 4.69) is 10.9 Å². The summed E-state index contributed by atoms with van der Waals surface area (Å²) in [6.07, 6.45) is 6.23. The number of anilines is 1. The topological polar surface area (TPSA) is 53.4 Å². The van der Waals surface area contributed by atoms with Gasteiger partial charge in [0.15, 0.2) is 0 Å². The van der Waals surface area contributed by atoms with Crippen molar-refractivity contribution in [3.8, 4) is 12.3 Å². The summed E-state index contributed by atoms with van der Waals surface area (Å²) in [6.45, 7) is 5.01. The molecule has 0 aliphatic carbocycles. The number of aryl methyl sites for hydroxylation is 1. The molecule has 0 unspecified atom stereocenters. The first-order valence-electron chi connectivity index (χ1n) is 5.49. The molecule has 1 heterocycles. The van der Waals surface area contributed by atoms with E-state index in [1.54, 1.807) is 19.1 Å². The second-order valence-electron chi connectivity index (χ2n) is 3.79. The molecular formula is C13H16N2O2. The fourth-order valence-electron chi connectivity index (χ4n) is 1.59. The second kappa shape index (κ2) is 5.90. The molecule has 0 atom stereocenters. The van der Waals surface area contributed by atoms with Crippen LogP contribution >= 0.6 is 0 Å². The first-order chi connectivity index (χ1) is 8.08. The van der Waals surface area contributed by atoms with Crippen LogP contribution in [0.4, 0.5) is 5.82 Å². The van der Waals surface area contributed by atoms with Gasteiger partial charge in [0.2, 0.25) is 0 Å². The number of terminal acetylenes is 1. The predicted octanol–water partition coefficient (Wildman–Crippen LogP) is 1.94. The zero-order valence-corrected chi connectivity index (χ0v) is 10.1. The minimum absolute atomic E-state index is 0.241.